The molecule has 59 heavy (non-hydrogen) atoms. The number of aromatic nitrogens is 5. The van der Waals surface area contributed by atoms with Crippen LogP contribution in [0.15, 0.2) is 146 Å². The molecule has 0 atom stereocenters. The molecule has 0 aliphatic heterocycles. The highest BCUT2D eigenvalue weighted by molar-refractivity contribution is 6.09. The lowest BCUT2D eigenvalue weighted by molar-refractivity contribution is 0.483. The Bertz CT molecular complexity index is 2970. The highest BCUT2D eigenvalue weighted by Crippen LogP contribution is 2.42. The number of para-hydroxylation sites is 3. The Morgan fingerprint density at radius 1 is 0.492 bits per heavy atom. The average molecular weight is 774 g/mol. The van der Waals surface area contributed by atoms with Crippen LogP contribution in [0.1, 0.15) is 79.0 Å². The summed E-state index contributed by atoms with van der Waals surface area (Å²) in [5.41, 5.74) is 12.1. The van der Waals surface area contributed by atoms with E-state index in [1.54, 1.807) is 0 Å². The summed E-state index contributed by atoms with van der Waals surface area (Å²) in [5.74, 6) is 3.20. The maximum atomic E-state index is 6.79. The van der Waals surface area contributed by atoms with Gasteiger partial charge in [0.25, 0.3) is 0 Å². The molecule has 0 bridgehead atoms. The van der Waals surface area contributed by atoms with Crippen LogP contribution >= 0.6 is 0 Å². The van der Waals surface area contributed by atoms with E-state index in [4.69, 9.17) is 14.7 Å². The van der Waals surface area contributed by atoms with E-state index in [-0.39, 0.29) is 16.2 Å². The number of pyridine rings is 2. The van der Waals surface area contributed by atoms with Crippen LogP contribution in [0.5, 0.6) is 11.5 Å². The first kappa shape index (κ1) is 38.0. The molecule has 4 heterocycles. The molecular formula is C53H51N5O. The predicted octanol–water partition coefficient (Wildman–Crippen LogP) is 13.9. The van der Waals surface area contributed by atoms with E-state index in [9.17, 15) is 0 Å². The zero-order valence-electron chi connectivity index (χ0n) is 35.5. The minimum Gasteiger partial charge on any atom is -0.457 e. The van der Waals surface area contributed by atoms with Gasteiger partial charge in [-0.15, -0.1) is 0 Å². The van der Waals surface area contributed by atoms with Crippen molar-refractivity contribution in [2.45, 2.75) is 78.6 Å². The molecule has 0 aliphatic carbocycles. The van der Waals surface area contributed by atoms with Crippen LogP contribution in [0.3, 0.4) is 0 Å². The first-order valence-corrected chi connectivity index (χ1v) is 20.5. The molecule has 6 heteroatoms. The Hall–Kier alpha value is -6.53. The van der Waals surface area contributed by atoms with E-state index < -0.39 is 0 Å². The largest absolute Gasteiger partial charge is 0.457 e. The van der Waals surface area contributed by atoms with Crippen LogP contribution in [0.25, 0.3) is 66.9 Å². The standard InChI is InChI=1S/C53H51N5O/c1-51(2,3)37-21-24-45-41(31-37)40-23-22-39(32-47(40)57(45)48-25-20-36(33-55-48)34-26-28-54-29-27-34)59-38-15-12-14-35(30-38)50-56-44-18-10-11-19-46(44)58(50)49-42(52(4,5)6)16-13-17-43(49)53(7,8)9/h10-33H,1-9H3. The maximum Gasteiger partial charge on any atom is 0.145 e. The van der Waals surface area contributed by atoms with Gasteiger partial charge in [0, 0.05) is 46.6 Å². The van der Waals surface area contributed by atoms with Crippen LogP contribution < -0.4 is 4.74 Å². The Balaban J connectivity index is 1.17. The predicted molar refractivity (Wildman–Crippen MR) is 244 cm³/mol. The SMILES string of the molecule is CC(C)(C)c1ccc2c(c1)c1ccc(Oc3cccc(-c4nc5ccccc5n4-c4c(C(C)(C)C)cccc4C(C)(C)C)c3)cc1n2-c1ccc(-c2ccncc2)cn1. The van der Waals surface area contributed by atoms with Crippen molar-refractivity contribution in [2.24, 2.45) is 0 Å². The van der Waals surface area contributed by atoms with Crippen LogP contribution in [0.2, 0.25) is 0 Å². The normalized spacial score (nSPS) is 12.5. The summed E-state index contributed by atoms with van der Waals surface area (Å²) in [7, 11) is 0. The smallest absolute Gasteiger partial charge is 0.145 e. The van der Waals surface area contributed by atoms with Crippen molar-refractivity contribution in [3.05, 3.63) is 163 Å². The number of rotatable bonds is 6. The zero-order chi connectivity index (χ0) is 41.3. The van der Waals surface area contributed by atoms with Gasteiger partial charge in [-0.05, 0) is 111 Å². The fourth-order valence-corrected chi connectivity index (χ4v) is 8.29. The van der Waals surface area contributed by atoms with Crippen molar-refractivity contribution in [1.82, 2.24) is 24.1 Å². The monoisotopic (exact) mass is 773 g/mol. The first-order chi connectivity index (χ1) is 28.1. The molecule has 0 saturated heterocycles. The van der Waals surface area contributed by atoms with Gasteiger partial charge in [-0.3, -0.25) is 14.1 Å². The van der Waals surface area contributed by atoms with Gasteiger partial charge >= 0.3 is 0 Å². The van der Waals surface area contributed by atoms with Gasteiger partial charge in [-0.1, -0.05) is 111 Å². The Morgan fingerprint density at radius 2 is 1.20 bits per heavy atom. The summed E-state index contributed by atoms with van der Waals surface area (Å²) in [6, 6.07) is 45.0. The molecule has 0 unspecified atom stereocenters. The van der Waals surface area contributed by atoms with E-state index in [1.807, 2.05) is 36.8 Å². The van der Waals surface area contributed by atoms with Crippen molar-refractivity contribution in [3.63, 3.8) is 0 Å². The summed E-state index contributed by atoms with van der Waals surface area (Å²) in [4.78, 5) is 14.5. The van der Waals surface area contributed by atoms with Gasteiger partial charge in [0.15, 0.2) is 0 Å². The highest BCUT2D eigenvalue weighted by atomic mass is 16.5. The Morgan fingerprint density at radius 3 is 1.90 bits per heavy atom. The molecule has 0 fully saturated rings. The quantitative estimate of drug-likeness (QED) is 0.169. The minimum absolute atomic E-state index is 0.00478. The third kappa shape index (κ3) is 6.97. The van der Waals surface area contributed by atoms with E-state index in [2.05, 4.69) is 186 Å². The zero-order valence-corrected chi connectivity index (χ0v) is 35.5. The van der Waals surface area contributed by atoms with Crippen molar-refractivity contribution in [3.8, 4) is 45.5 Å². The topological polar surface area (TPSA) is 57.8 Å². The molecule has 0 radical (unpaired) electrons. The summed E-state index contributed by atoms with van der Waals surface area (Å²) < 4.78 is 11.4. The van der Waals surface area contributed by atoms with Crippen molar-refractivity contribution < 1.29 is 4.74 Å². The van der Waals surface area contributed by atoms with Gasteiger partial charge in [-0.2, -0.15) is 0 Å². The molecule has 4 aromatic heterocycles. The van der Waals surface area contributed by atoms with E-state index in [0.717, 1.165) is 67.3 Å². The third-order valence-electron chi connectivity index (χ3n) is 11.4. The summed E-state index contributed by atoms with van der Waals surface area (Å²) in [5, 5.41) is 2.33. The minimum atomic E-state index is -0.100. The molecule has 9 rings (SSSR count). The molecule has 5 aromatic carbocycles. The number of fused-ring (bicyclic) bond motifs is 4. The van der Waals surface area contributed by atoms with Gasteiger partial charge < -0.3 is 4.74 Å². The maximum absolute atomic E-state index is 6.79. The fourth-order valence-electron chi connectivity index (χ4n) is 8.29. The lowest BCUT2D eigenvalue weighted by atomic mass is 9.78. The number of hydrogen-bond donors (Lipinski definition) is 0. The lowest BCUT2D eigenvalue weighted by Gasteiger charge is -2.31. The molecule has 0 aliphatic rings. The van der Waals surface area contributed by atoms with Gasteiger partial charge in [0.05, 0.1) is 27.8 Å². The Kier molecular flexibility index (Phi) is 9.08. The summed E-state index contributed by atoms with van der Waals surface area (Å²) >= 11 is 0. The third-order valence-corrected chi connectivity index (χ3v) is 11.4. The molecule has 0 amide bonds. The molecule has 0 N–H and O–H groups in total. The van der Waals surface area contributed by atoms with Crippen LogP contribution in [0.4, 0.5) is 0 Å². The summed E-state index contributed by atoms with van der Waals surface area (Å²) in [6.45, 7) is 20.5. The second-order valence-electron chi connectivity index (χ2n) is 18.7. The second kappa shape index (κ2) is 14.1. The molecular weight excluding hydrogens is 723 g/mol. The van der Waals surface area contributed by atoms with Gasteiger partial charge in [0.2, 0.25) is 0 Å². The van der Waals surface area contributed by atoms with Crippen molar-refractivity contribution >= 4 is 32.8 Å². The van der Waals surface area contributed by atoms with Gasteiger partial charge in [0.1, 0.15) is 23.1 Å². The number of nitrogens with zero attached hydrogens (tertiary/aromatic N) is 5. The van der Waals surface area contributed by atoms with Gasteiger partial charge in [-0.25, -0.2) is 9.97 Å². The van der Waals surface area contributed by atoms with Crippen molar-refractivity contribution in [1.29, 1.82) is 0 Å². The Labute approximate surface area is 347 Å². The van der Waals surface area contributed by atoms with E-state index in [1.165, 1.54) is 27.8 Å². The molecule has 0 saturated carbocycles. The first-order valence-electron chi connectivity index (χ1n) is 20.5. The molecule has 6 nitrogen and oxygen atoms in total. The van der Waals surface area contributed by atoms with Crippen molar-refractivity contribution in [2.75, 3.05) is 0 Å². The summed E-state index contributed by atoms with van der Waals surface area (Å²) in [6.07, 6.45) is 5.56. The number of imidazole rings is 1. The van der Waals surface area contributed by atoms with Crippen LogP contribution in [-0.4, -0.2) is 24.1 Å². The number of ether oxygens (including phenoxy) is 1. The molecule has 9 aromatic rings. The van der Waals surface area contributed by atoms with Crippen LogP contribution in [0, 0.1) is 0 Å². The highest BCUT2D eigenvalue weighted by Gasteiger charge is 2.29. The number of benzene rings is 5. The van der Waals surface area contributed by atoms with Crippen LogP contribution in [-0.2, 0) is 16.2 Å². The molecule has 294 valence electrons. The average Bonchev–Trinajstić information content (AvgIpc) is 3.76. The van der Waals surface area contributed by atoms with E-state index in [0.29, 0.717) is 0 Å². The fraction of sp³-hybridized carbons (Fsp3) is 0.226. The molecule has 0 spiro atoms. The second-order valence-corrected chi connectivity index (χ2v) is 18.7. The lowest BCUT2D eigenvalue weighted by Crippen LogP contribution is -2.22. The number of hydrogen-bond acceptors (Lipinski definition) is 4. The van der Waals surface area contributed by atoms with E-state index >= 15 is 0 Å².